The van der Waals surface area contributed by atoms with Crippen molar-refractivity contribution in [3.05, 3.63) is 66.0 Å². The van der Waals surface area contributed by atoms with Crippen molar-refractivity contribution in [1.82, 2.24) is 4.90 Å². The second-order valence-electron chi connectivity index (χ2n) is 5.88. The van der Waals surface area contributed by atoms with E-state index >= 15 is 0 Å². The molecule has 0 aromatic heterocycles. The Kier molecular flexibility index (Phi) is 6.48. The third-order valence-electron chi connectivity index (χ3n) is 4.02. The van der Waals surface area contributed by atoms with E-state index in [4.69, 9.17) is 0 Å². The molecule has 2 amide bonds. The van der Waals surface area contributed by atoms with Crippen LogP contribution in [0, 0.1) is 5.82 Å². The molecule has 2 rings (SSSR count). The first-order valence-electron chi connectivity index (χ1n) is 8.08. The summed E-state index contributed by atoms with van der Waals surface area (Å²) in [7, 11) is 1.38. The number of carboxylic acid groups (broad SMARTS) is 2. The van der Waals surface area contributed by atoms with Crippen molar-refractivity contribution in [2.75, 3.05) is 11.9 Å². The Morgan fingerprint density at radius 2 is 1.59 bits per heavy atom. The quantitative estimate of drug-likeness (QED) is 0.777. The van der Waals surface area contributed by atoms with E-state index in [0.29, 0.717) is 11.3 Å². The maximum atomic E-state index is 13.1. The van der Waals surface area contributed by atoms with E-state index < -0.39 is 36.2 Å². The largest absolute Gasteiger partial charge is 0.481 e. The van der Waals surface area contributed by atoms with Gasteiger partial charge in [0, 0.05) is 19.3 Å². The zero-order valence-corrected chi connectivity index (χ0v) is 14.6. The van der Waals surface area contributed by atoms with E-state index in [0.717, 1.165) is 21.9 Å². The van der Waals surface area contributed by atoms with Crippen LogP contribution in [0.5, 0.6) is 0 Å². The predicted octanol–water partition coefficient (Wildman–Crippen LogP) is 2.81. The van der Waals surface area contributed by atoms with Gasteiger partial charge in [0.05, 0.1) is 6.42 Å². The van der Waals surface area contributed by atoms with Gasteiger partial charge in [0.1, 0.15) is 11.9 Å². The second-order valence-corrected chi connectivity index (χ2v) is 5.88. The van der Waals surface area contributed by atoms with Crippen molar-refractivity contribution < 1.29 is 29.0 Å². The molecule has 0 radical (unpaired) electrons. The molecule has 0 saturated carbocycles. The first-order chi connectivity index (χ1) is 12.8. The fraction of sp³-hybridized carbons (Fsp3) is 0.211. The number of nitrogens with zero attached hydrogens (tertiary/aromatic N) is 2. The molecule has 0 aliphatic heterocycles. The van der Waals surface area contributed by atoms with Crippen LogP contribution < -0.4 is 4.90 Å². The molecule has 0 heterocycles. The molecule has 2 aromatic carbocycles. The van der Waals surface area contributed by atoms with Crippen LogP contribution in [0.1, 0.15) is 12.0 Å². The van der Waals surface area contributed by atoms with Gasteiger partial charge in [-0.2, -0.15) is 0 Å². The Bertz CT molecular complexity index is 811. The minimum absolute atomic E-state index is 0.142. The average Bonchev–Trinajstić information content (AvgIpc) is 2.64. The smallest absolute Gasteiger partial charge is 0.408 e. The number of hydrogen-bond acceptors (Lipinski definition) is 3. The van der Waals surface area contributed by atoms with Gasteiger partial charge in [0.15, 0.2) is 0 Å². The molecule has 2 aromatic rings. The molecule has 0 aliphatic carbocycles. The van der Waals surface area contributed by atoms with Crippen LogP contribution in [0.3, 0.4) is 0 Å². The zero-order chi connectivity index (χ0) is 20.0. The average molecular weight is 374 g/mol. The number of halogens is 1. The van der Waals surface area contributed by atoms with Gasteiger partial charge in [-0.15, -0.1) is 0 Å². The summed E-state index contributed by atoms with van der Waals surface area (Å²) in [5.41, 5.74) is 0.939. The molecular weight excluding hydrogens is 355 g/mol. The van der Waals surface area contributed by atoms with E-state index in [1.54, 1.807) is 30.3 Å². The third-order valence-corrected chi connectivity index (χ3v) is 4.02. The Morgan fingerprint density at radius 1 is 1.00 bits per heavy atom. The Hall–Kier alpha value is -3.42. The van der Waals surface area contributed by atoms with Gasteiger partial charge in [0.2, 0.25) is 5.91 Å². The summed E-state index contributed by atoms with van der Waals surface area (Å²) in [5.74, 6) is -2.51. The molecule has 0 aliphatic rings. The van der Waals surface area contributed by atoms with Crippen LogP contribution >= 0.6 is 0 Å². The van der Waals surface area contributed by atoms with Crippen molar-refractivity contribution >= 4 is 23.7 Å². The van der Waals surface area contributed by atoms with Crippen molar-refractivity contribution in [3.63, 3.8) is 0 Å². The molecule has 0 unspecified atom stereocenters. The lowest BCUT2D eigenvalue weighted by atomic mass is 10.1. The lowest BCUT2D eigenvalue weighted by Crippen LogP contribution is -2.50. The number of anilines is 1. The van der Waals surface area contributed by atoms with Crippen molar-refractivity contribution in [3.8, 4) is 0 Å². The SMILES string of the molecule is CN(C(=O)[C@H](CC(=O)O)N(Cc1ccccc1)C(=O)O)c1ccc(F)cc1. The molecule has 8 heteroatoms. The molecule has 0 saturated heterocycles. The maximum Gasteiger partial charge on any atom is 0.408 e. The number of likely N-dealkylation sites (N-methyl/N-ethyl adjacent to an activating group) is 1. The third kappa shape index (κ3) is 5.27. The van der Waals surface area contributed by atoms with Gasteiger partial charge in [-0.1, -0.05) is 30.3 Å². The molecule has 142 valence electrons. The van der Waals surface area contributed by atoms with Crippen molar-refractivity contribution in [2.24, 2.45) is 0 Å². The van der Waals surface area contributed by atoms with Crippen molar-refractivity contribution in [1.29, 1.82) is 0 Å². The lowest BCUT2D eigenvalue weighted by molar-refractivity contribution is -0.141. The van der Waals surface area contributed by atoms with Gasteiger partial charge in [0.25, 0.3) is 0 Å². The van der Waals surface area contributed by atoms with Crippen LogP contribution in [-0.2, 0) is 16.1 Å². The van der Waals surface area contributed by atoms with Gasteiger partial charge in [-0.05, 0) is 29.8 Å². The van der Waals surface area contributed by atoms with Gasteiger partial charge in [-0.3, -0.25) is 14.5 Å². The molecular formula is C19H19FN2O5. The molecule has 0 bridgehead atoms. The number of carboxylic acids is 1. The van der Waals surface area contributed by atoms with Crippen LogP contribution in [-0.4, -0.2) is 46.2 Å². The number of benzene rings is 2. The molecule has 0 fully saturated rings. The first-order valence-corrected chi connectivity index (χ1v) is 8.08. The lowest BCUT2D eigenvalue weighted by Gasteiger charge is -2.31. The van der Waals surface area contributed by atoms with Crippen molar-refractivity contribution in [2.45, 2.75) is 19.0 Å². The number of carbonyl (C=O) groups excluding carboxylic acids is 1. The van der Waals surface area contributed by atoms with E-state index in [9.17, 15) is 29.0 Å². The zero-order valence-electron chi connectivity index (χ0n) is 14.6. The number of carbonyl (C=O) groups is 3. The maximum absolute atomic E-state index is 13.1. The highest BCUT2D eigenvalue weighted by atomic mass is 19.1. The minimum atomic E-state index is -1.43. The summed E-state index contributed by atoms with van der Waals surface area (Å²) in [6.07, 6.45) is -2.10. The highest BCUT2D eigenvalue weighted by molar-refractivity contribution is 5.99. The highest BCUT2D eigenvalue weighted by Crippen LogP contribution is 2.19. The summed E-state index contributed by atoms with van der Waals surface area (Å²) < 4.78 is 13.1. The van der Waals surface area contributed by atoms with Crippen LogP contribution in [0.25, 0.3) is 0 Å². The number of aliphatic carboxylic acids is 1. The van der Waals surface area contributed by atoms with Gasteiger partial charge < -0.3 is 15.1 Å². The van der Waals surface area contributed by atoms with E-state index in [-0.39, 0.29) is 6.54 Å². The Morgan fingerprint density at radius 3 is 2.11 bits per heavy atom. The Balaban J connectivity index is 2.32. The molecule has 7 nitrogen and oxygen atoms in total. The normalized spacial score (nSPS) is 11.5. The molecule has 2 N–H and O–H groups in total. The summed E-state index contributed by atoms with van der Waals surface area (Å²) in [6.45, 7) is -0.142. The van der Waals surface area contributed by atoms with E-state index in [1.807, 2.05) is 0 Å². The minimum Gasteiger partial charge on any atom is -0.481 e. The highest BCUT2D eigenvalue weighted by Gasteiger charge is 2.34. The second kappa shape index (κ2) is 8.79. The van der Waals surface area contributed by atoms with Gasteiger partial charge in [-0.25, -0.2) is 9.18 Å². The van der Waals surface area contributed by atoms with Crippen LogP contribution in [0.4, 0.5) is 14.9 Å². The number of rotatable bonds is 7. The van der Waals surface area contributed by atoms with Gasteiger partial charge >= 0.3 is 12.1 Å². The van der Waals surface area contributed by atoms with Crippen LogP contribution in [0.2, 0.25) is 0 Å². The summed E-state index contributed by atoms with van der Waals surface area (Å²) in [5, 5.41) is 18.7. The topological polar surface area (TPSA) is 98.2 Å². The number of amides is 2. The fourth-order valence-corrected chi connectivity index (χ4v) is 2.60. The Labute approximate surface area is 155 Å². The first kappa shape index (κ1) is 19.9. The van der Waals surface area contributed by atoms with E-state index in [1.165, 1.54) is 19.2 Å². The summed E-state index contributed by atoms with van der Waals surface area (Å²) >= 11 is 0. The monoisotopic (exact) mass is 374 g/mol. The summed E-state index contributed by atoms with van der Waals surface area (Å²) in [4.78, 5) is 37.8. The standard InChI is InChI=1S/C19H19FN2O5/c1-21(15-9-7-14(20)8-10-15)18(25)16(11-17(23)24)22(19(26)27)12-13-5-3-2-4-6-13/h2-10,16H,11-12H2,1H3,(H,23,24)(H,26,27)/t16-/m0/s1. The summed E-state index contributed by atoms with van der Waals surface area (Å²) in [6, 6.07) is 12.1. The van der Waals surface area contributed by atoms with Crippen LogP contribution in [0.15, 0.2) is 54.6 Å². The molecule has 27 heavy (non-hydrogen) atoms. The van der Waals surface area contributed by atoms with E-state index in [2.05, 4.69) is 0 Å². The number of hydrogen-bond donors (Lipinski definition) is 2. The predicted molar refractivity (Wildman–Crippen MR) is 95.9 cm³/mol. The molecule has 1 atom stereocenters. The molecule has 0 spiro atoms. The fourth-order valence-electron chi connectivity index (χ4n) is 2.60.